The van der Waals surface area contributed by atoms with Crippen LogP contribution in [0.15, 0.2) is 0 Å². The lowest BCUT2D eigenvalue weighted by Gasteiger charge is -2.14. The highest BCUT2D eigenvalue weighted by atomic mass is 16.7. The van der Waals surface area contributed by atoms with Gasteiger partial charge in [0.15, 0.2) is 6.29 Å². The lowest BCUT2D eigenvalue weighted by Crippen LogP contribution is -2.26. The lowest BCUT2D eigenvalue weighted by atomic mass is 10.1. The van der Waals surface area contributed by atoms with Crippen LogP contribution < -0.4 is 5.73 Å². The molecule has 0 bridgehead atoms. The fourth-order valence-corrected chi connectivity index (χ4v) is 1.37. The van der Waals surface area contributed by atoms with Crippen LogP contribution in [0.1, 0.15) is 32.6 Å². The summed E-state index contributed by atoms with van der Waals surface area (Å²) < 4.78 is 10.6. The topological polar surface area (TPSA) is 44.5 Å². The van der Waals surface area contributed by atoms with Gasteiger partial charge in [-0.05, 0) is 6.42 Å². The summed E-state index contributed by atoms with van der Waals surface area (Å²) in [6.45, 7) is 3.63. The van der Waals surface area contributed by atoms with Crippen LogP contribution in [0.3, 0.4) is 0 Å². The largest absolute Gasteiger partial charge is 0.350 e. The molecule has 0 spiro atoms. The van der Waals surface area contributed by atoms with Gasteiger partial charge >= 0.3 is 0 Å². The van der Waals surface area contributed by atoms with E-state index < -0.39 is 0 Å². The molecule has 1 rings (SSSR count). The Morgan fingerprint density at radius 1 is 1.42 bits per heavy atom. The maximum atomic E-state index is 5.88. The van der Waals surface area contributed by atoms with Gasteiger partial charge in [-0.2, -0.15) is 0 Å². The number of ether oxygens (including phenoxy) is 2. The van der Waals surface area contributed by atoms with Gasteiger partial charge in [0.25, 0.3) is 0 Å². The molecule has 0 saturated carbocycles. The molecular formula is C9H19NO2. The second-order valence-electron chi connectivity index (χ2n) is 3.31. The Hall–Kier alpha value is -0.120. The molecule has 72 valence electrons. The molecule has 1 heterocycles. The van der Waals surface area contributed by atoms with E-state index in [-0.39, 0.29) is 12.3 Å². The van der Waals surface area contributed by atoms with Crippen LogP contribution in [-0.2, 0) is 9.47 Å². The molecule has 1 aliphatic heterocycles. The Morgan fingerprint density at radius 2 is 2.08 bits per heavy atom. The Bertz CT molecular complexity index is 113. The number of hydrogen-bond acceptors (Lipinski definition) is 3. The first kappa shape index (κ1) is 9.96. The third-order valence-corrected chi connectivity index (χ3v) is 2.11. The van der Waals surface area contributed by atoms with Gasteiger partial charge < -0.3 is 15.2 Å². The van der Waals surface area contributed by atoms with Gasteiger partial charge in [-0.15, -0.1) is 0 Å². The minimum absolute atomic E-state index is 0.0307. The predicted molar refractivity (Wildman–Crippen MR) is 47.8 cm³/mol. The number of nitrogens with two attached hydrogens (primary N) is 1. The Morgan fingerprint density at radius 3 is 2.67 bits per heavy atom. The zero-order valence-corrected chi connectivity index (χ0v) is 7.79. The molecule has 1 saturated heterocycles. The summed E-state index contributed by atoms with van der Waals surface area (Å²) >= 11 is 0. The lowest BCUT2D eigenvalue weighted by molar-refractivity contribution is -0.0509. The Labute approximate surface area is 74.2 Å². The van der Waals surface area contributed by atoms with Crippen molar-refractivity contribution in [2.24, 2.45) is 5.73 Å². The van der Waals surface area contributed by atoms with Gasteiger partial charge in [0.1, 0.15) is 0 Å². The Kier molecular flexibility index (Phi) is 4.58. The van der Waals surface area contributed by atoms with E-state index in [1.807, 2.05) is 0 Å². The molecule has 0 aliphatic carbocycles. The van der Waals surface area contributed by atoms with Crippen molar-refractivity contribution in [1.82, 2.24) is 0 Å². The van der Waals surface area contributed by atoms with Crippen molar-refractivity contribution in [3.05, 3.63) is 0 Å². The molecule has 0 aromatic carbocycles. The van der Waals surface area contributed by atoms with Gasteiger partial charge in [0.2, 0.25) is 0 Å². The van der Waals surface area contributed by atoms with Crippen LogP contribution in [0, 0.1) is 0 Å². The van der Waals surface area contributed by atoms with Crippen LogP contribution in [0.5, 0.6) is 0 Å². The first-order valence-electron chi connectivity index (χ1n) is 4.81. The molecule has 0 amide bonds. The van der Waals surface area contributed by atoms with Crippen molar-refractivity contribution < 1.29 is 9.47 Å². The highest BCUT2D eigenvalue weighted by Crippen LogP contribution is 2.12. The second-order valence-corrected chi connectivity index (χ2v) is 3.31. The predicted octanol–water partition coefficient (Wildman–Crippen LogP) is 1.27. The number of hydrogen-bond donors (Lipinski definition) is 1. The molecule has 0 aromatic rings. The van der Waals surface area contributed by atoms with Crippen molar-refractivity contribution >= 4 is 0 Å². The van der Waals surface area contributed by atoms with Crippen LogP contribution in [0.4, 0.5) is 0 Å². The van der Waals surface area contributed by atoms with Crippen LogP contribution in [-0.4, -0.2) is 25.5 Å². The van der Waals surface area contributed by atoms with Crippen molar-refractivity contribution in [2.75, 3.05) is 13.2 Å². The van der Waals surface area contributed by atoms with Crippen LogP contribution in [0.2, 0.25) is 0 Å². The monoisotopic (exact) mass is 173 g/mol. The molecule has 0 aromatic heterocycles. The van der Waals surface area contributed by atoms with E-state index in [2.05, 4.69) is 6.92 Å². The molecule has 1 fully saturated rings. The van der Waals surface area contributed by atoms with Crippen molar-refractivity contribution in [2.45, 2.75) is 44.9 Å². The summed E-state index contributed by atoms with van der Waals surface area (Å²) in [6, 6.07) is 0.244. The Balaban J connectivity index is 2.03. The third kappa shape index (κ3) is 3.52. The average molecular weight is 173 g/mol. The fraction of sp³-hybridized carbons (Fsp3) is 1.00. The first-order chi connectivity index (χ1) is 5.83. The highest BCUT2D eigenvalue weighted by Gasteiger charge is 2.18. The third-order valence-electron chi connectivity index (χ3n) is 2.11. The molecular weight excluding hydrogens is 154 g/mol. The van der Waals surface area contributed by atoms with Crippen molar-refractivity contribution in [3.63, 3.8) is 0 Å². The summed E-state index contributed by atoms with van der Waals surface area (Å²) in [6.07, 6.45) is 4.31. The van der Waals surface area contributed by atoms with Gasteiger partial charge in [0.05, 0.1) is 13.2 Å². The molecule has 12 heavy (non-hydrogen) atoms. The molecule has 3 heteroatoms. The normalized spacial score (nSPS) is 21.5. The molecule has 1 aliphatic rings. The van der Waals surface area contributed by atoms with Crippen LogP contribution >= 0.6 is 0 Å². The van der Waals surface area contributed by atoms with Crippen molar-refractivity contribution in [3.8, 4) is 0 Å². The molecule has 1 atom stereocenters. The first-order valence-corrected chi connectivity index (χ1v) is 4.81. The standard InChI is InChI=1S/C9H19NO2/c1-2-3-4-8(10)7-9-11-5-6-12-9/h8-9H,2-7,10H2,1H3. The quantitative estimate of drug-likeness (QED) is 0.681. The zero-order chi connectivity index (χ0) is 8.81. The number of unbranched alkanes of at least 4 members (excludes halogenated alkanes) is 1. The SMILES string of the molecule is CCCCC(N)CC1OCCO1. The minimum atomic E-state index is -0.0307. The summed E-state index contributed by atoms with van der Waals surface area (Å²) in [5.74, 6) is 0. The van der Waals surface area contributed by atoms with Gasteiger partial charge in [0, 0.05) is 12.5 Å². The molecule has 3 nitrogen and oxygen atoms in total. The van der Waals surface area contributed by atoms with Gasteiger partial charge in [-0.3, -0.25) is 0 Å². The molecule has 1 unspecified atom stereocenters. The molecule has 2 N–H and O–H groups in total. The average Bonchev–Trinajstić information content (AvgIpc) is 2.53. The van der Waals surface area contributed by atoms with E-state index in [4.69, 9.17) is 15.2 Å². The summed E-state index contributed by atoms with van der Waals surface area (Å²) in [5.41, 5.74) is 5.88. The number of rotatable bonds is 5. The maximum Gasteiger partial charge on any atom is 0.159 e. The fourth-order valence-electron chi connectivity index (χ4n) is 1.37. The van der Waals surface area contributed by atoms with Gasteiger partial charge in [-0.1, -0.05) is 19.8 Å². The smallest absolute Gasteiger partial charge is 0.159 e. The van der Waals surface area contributed by atoms with Crippen LogP contribution in [0.25, 0.3) is 0 Å². The maximum absolute atomic E-state index is 5.88. The van der Waals surface area contributed by atoms with E-state index >= 15 is 0 Å². The second kappa shape index (κ2) is 5.51. The highest BCUT2D eigenvalue weighted by molar-refractivity contribution is 4.65. The molecule has 0 radical (unpaired) electrons. The van der Waals surface area contributed by atoms with E-state index in [9.17, 15) is 0 Å². The van der Waals surface area contributed by atoms with E-state index in [1.165, 1.54) is 12.8 Å². The van der Waals surface area contributed by atoms with Gasteiger partial charge in [-0.25, -0.2) is 0 Å². The zero-order valence-electron chi connectivity index (χ0n) is 7.79. The van der Waals surface area contributed by atoms with E-state index in [0.717, 1.165) is 26.1 Å². The summed E-state index contributed by atoms with van der Waals surface area (Å²) in [7, 11) is 0. The minimum Gasteiger partial charge on any atom is -0.350 e. The van der Waals surface area contributed by atoms with E-state index in [1.54, 1.807) is 0 Å². The van der Waals surface area contributed by atoms with E-state index in [0.29, 0.717) is 0 Å². The summed E-state index contributed by atoms with van der Waals surface area (Å²) in [4.78, 5) is 0. The van der Waals surface area contributed by atoms with Crippen molar-refractivity contribution in [1.29, 1.82) is 0 Å². The summed E-state index contributed by atoms with van der Waals surface area (Å²) in [5, 5.41) is 0.